The molecule has 356 valence electrons. The van der Waals surface area contributed by atoms with E-state index in [-0.39, 0.29) is 12.2 Å². The Morgan fingerprint density at radius 1 is 0.377 bits per heavy atom. The van der Waals surface area contributed by atoms with Gasteiger partial charge < -0.3 is 15.3 Å². The molecule has 3 N–H and O–H groups in total. The summed E-state index contributed by atoms with van der Waals surface area (Å²) >= 11 is 0. The van der Waals surface area contributed by atoms with Crippen molar-refractivity contribution < 1.29 is 20.1 Å². The Morgan fingerprint density at radius 3 is 1.00 bits per heavy atom. The van der Waals surface area contributed by atoms with Crippen LogP contribution < -0.4 is 0 Å². The van der Waals surface area contributed by atoms with Gasteiger partial charge in [-0.05, 0) is 109 Å². The number of Topliss-reactive ketones (excluding diaryl/α,β-unsaturated/α-hetero) is 1. The molecule has 2 atom stereocenters. The SMILES string of the molecule is CCCCC/C=C\C/C=C\CCCCCCCCC(O)(CCCCCCCC/C=C\C/C=C\CCCCC)C(O)C(O)C(=O)CCCCCCC/C=C\CCCCCCCC. The van der Waals surface area contributed by atoms with Crippen molar-refractivity contribution in [1.82, 2.24) is 0 Å². The average Bonchev–Trinajstić information content (AvgIpc) is 3.26. The van der Waals surface area contributed by atoms with E-state index in [1.54, 1.807) is 0 Å². The van der Waals surface area contributed by atoms with Crippen molar-refractivity contribution in [3.05, 3.63) is 60.8 Å². The average molecular weight is 853 g/mol. The second-order valence-corrected chi connectivity index (χ2v) is 18.5. The molecule has 0 amide bonds. The van der Waals surface area contributed by atoms with E-state index >= 15 is 0 Å². The molecule has 0 aromatic carbocycles. The number of hydrogen-bond donors (Lipinski definition) is 3. The van der Waals surface area contributed by atoms with Crippen LogP contribution in [0.25, 0.3) is 0 Å². The minimum Gasteiger partial charge on any atom is -0.387 e. The van der Waals surface area contributed by atoms with E-state index in [0.29, 0.717) is 12.8 Å². The number of aliphatic hydroxyl groups is 3. The Kier molecular flexibility index (Phi) is 46.4. The van der Waals surface area contributed by atoms with Crippen LogP contribution >= 0.6 is 0 Å². The molecule has 0 aliphatic carbocycles. The molecule has 2 unspecified atom stereocenters. The van der Waals surface area contributed by atoms with Gasteiger partial charge in [0.2, 0.25) is 0 Å². The molecule has 0 rings (SSSR count). The van der Waals surface area contributed by atoms with E-state index in [9.17, 15) is 20.1 Å². The first-order valence-corrected chi connectivity index (χ1v) is 26.8. The zero-order valence-corrected chi connectivity index (χ0v) is 41.0. The van der Waals surface area contributed by atoms with Gasteiger partial charge in [0, 0.05) is 6.42 Å². The van der Waals surface area contributed by atoms with Gasteiger partial charge in [-0.3, -0.25) is 4.79 Å². The number of carbonyl (C=O) groups excluding carboxylic acids is 1. The van der Waals surface area contributed by atoms with Gasteiger partial charge >= 0.3 is 0 Å². The highest BCUT2D eigenvalue weighted by Gasteiger charge is 2.41. The Balaban J connectivity index is 4.60. The van der Waals surface area contributed by atoms with Gasteiger partial charge in [0.1, 0.15) is 12.2 Å². The first-order chi connectivity index (χ1) is 29.9. The lowest BCUT2D eigenvalue weighted by atomic mass is 9.81. The number of ketones is 1. The fourth-order valence-electron chi connectivity index (χ4n) is 8.25. The molecule has 0 aliphatic heterocycles. The second-order valence-electron chi connectivity index (χ2n) is 18.5. The summed E-state index contributed by atoms with van der Waals surface area (Å²) in [6.07, 6.45) is 64.3. The van der Waals surface area contributed by atoms with Gasteiger partial charge in [-0.15, -0.1) is 0 Å². The van der Waals surface area contributed by atoms with E-state index in [1.165, 1.54) is 141 Å². The predicted molar refractivity (Wildman–Crippen MR) is 269 cm³/mol. The molecule has 0 heterocycles. The topological polar surface area (TPSA) is 77.8 Å². The van der Waals surface area contributed by atoms with E-state index in [2.05, 4.69) is 81.5 Å². The first kappa shape index (κ1) is 59.2. The van der Waals surface area contributed by atoms with Crippen LogP contribution in [0.4, 0.5) is 0 Å². The summed E-state index contributed by atoms with van der Waals surface area (Å²) in [6, 6.07) is 0. The highest BCUT2D eigenvalue weighted by Crippen LogP contribution is 2.30. The molecule has 0 saturated carbocycles. The smallest absolute Gasteiger partial charge is 0.164 e. The van der Waals surface area contributed by atoms with Crippen molar-refractivity contribution in [3.63, 3.8) is 0 Å². The number of carbonyl (C=O) groups is 1. The monoisotopic (exact) mass is 853 g/mol. The van der Waals surface area contributed by atoms with Crippen LogP contribution in [0.15, 0.2) is 60.8 Å². The lowest BCUT2D eigenvalue weighted by Gasteiger charge is -2.35. The number of allylic oxidation sites excluding steroid dienone is 10. The largest absolute Gasteiger partial charge is 0.387 e. The van der Waals surface area contributed by atoms with Crippen molar-refractivity contribution in [2.24, 2.45) is 0 Å². The minimum atomic E-state index is -1.52. The van der Waals surface area contributed by atoms with Crippen molar-refractivity contribution in [2.75, 3.05) is 0 Å². The van der Waals surface area contributed by atoms with Crippen molar-refractivity contribution >= 4 is 5.78 Å². The lowest BCUT2D eigenvalue weighted by Crippen LogP contribution is -2.51. The van der Waals surface area contributed by atoms with Crippen molar-refractivity contribution in [3.8, 4) is 0 Å². The van der Waals surface area contributed by atoms with Crippen LogP contribution in [0.2, 0.25) is 0 Å². The summed E-state index contributed by atoms with van der Waals surface area (Å²) in [6.45, 7) is 6.76. The van der Waals surface area contributed by atoms with Crippen LogP contribution in [-0.2, 0) is 4.79 Å². The van der Waals surface area contributed by atoms with Crippen LogP contribution in [0, 0.1) is 0 Å². The molecule has 4 nitrogen and oxygen atoms in total. The van der Waals surface area contributed by atoms with E-state index in [0.717, 1.165) is 96.3 Å². The molecule has 4 heteroatoms. The molecular formula is C57H104O4. The third kappa shape index (κ3) is 40.8. The quantitative estimate of drug-likeness (QED) is 0.0421. The summed E-state index contributed by atoms with van der Waals surface area (Å²) in [5.74, 6) is -0.322. The molecular weight excluding hydrogens is 749 g/mol. The molecule has 0 spiro atoms. The third-order valence-electron chi connectivity index (χ3n) is 12.5. The third-order valence-corrected chi connectivity index (χ3v) is 12.5. The van der Waals surface area contributed by atoms with E-state index < -0.39 is 17.8 Å². The van der Waals surface area contributed by atoms with Crippen LogP contribution in [-0.4, -0.2) is 38.9 Å². The Bertz CT molecular complexity index is 1010. The summed E-state index contributed by atoms with van der Waals surface area (Å²) in [7, 11) is 0. The zero-order valence-electron chi connectivity index (χ0n) is 41.0. The lowest BCUT2D eigenvalue weighted by molar-refractivity contribution is -0.156. The van der Waals surface area contributed by atoms with Gasteiger partial charge in [-0.1, -0.05) is 223 Å². The first-order valence-electron chi connectivity index (χ1n) is 26.8. The van der Waals surface area contributed by atoms with Gasteiger partial charge in [-0.25, -0.2) is 0 Å². The van der Waals surface area contributed by atoms with Gasteiger partial charge in [0.05, 0.1) is 5.60 Å². The Morgan fingerprint density at radius 2 is 0.639 bits per heavy atom. The standard InChI is InChI=1S/C57H104O4/c1-4-7-10-13-16-19-22-25-28-31-34-37-40-43-46-49-52-57(61,53-50-47-44-41-38-35-32-29-26-23-20-17-14-11-8-5-2)56(60)55(59)54(58)51-48-45-42-39-36-33-30-27-24-21-18-15-12-9-6-3/h16-17,19-20,25-30,55-56,59-61H,4-15,18,21-24,31-53H2,1-3H3/b19-16-,20-17-,28-25-,29-26-,30-27-. The Labute approximate surface area is 380 Å². The zero-order chi connectivity index (χ0) is 44.6. The molecule has 0 aromatic rings. The highest BCUT2D eigenvalue weighted by atomic mass is 16.4. The van der Waals surface area contributed by atoms with E-state index in [1.807, 2.05) is 0 Å². The fourth-order valence-corrected chi connectivity index (χ4v) is 8.25. The van der Waals surface area contributed by atoms with Crippen molar-refractivity contribution in [2.45, 2.75) is 295 Å². The molecule has 0 aromatic heterocycles. The second kappa shape index (κ2) is 47.7. The highest BCUT2D eigenvalue weighted by molar-refractivity contribution is 5.83. The van der Waals surface area contributed by atoms with Crippen LogP contribution in [0.5, 0.6) is 0 Å². The normalized spacial score (nSPS) is 13.7. The maximum Gasteiger partial charge on any atom is 0.164 e. The fraction of sp³-hybridized carbons (Fsp3) is 0.807. The van der Waals surface area contributed by atoms with Gasteiger partial charge in [0.25, 0.3) is 0 Å². The maximum absolute atomic E-state index is 13.1. The van der Waals surface area contributed by atoms with Crippen molar-refractivity contribution in [1.29, 1.82) is 0 Å². The number of rotatable bonds is 48. The Hall–Kier alpha value is -1.75. The van der Waals surface area contributed by atoms with Gasteiger partial charge in [0.15, 0.2) is 5.78 Å². The molecule has 0 fully saturated rings. The minimum absolute atomic E-state index is 0.266. The van der Waals surface area contributed by atoms with Crippen LogP contribution in [0.3, 0.4) is 0 Å². The number of hydrogen-bond acceptors (Lipinski definition) is 4. The number of aliphatic hydroxyl groups excluding tert-OH is 2. The molecule has 0 saturated heterocycles. The molecule has 0 aliphatic rings. The molecule has 61 heavy (non-hydrogen) atoms. The molecule has 0 bridgehead atoms. The van der Waals surface area contributed by atoms with Crippen LogP contribution in [0.1, 0.15) is 278 Å². The summed E-state index contributed by atoms with van der Waals surface area (Å²) in [4.78, 5) is 13.1. The molecule has 0 radical (unpaired) electrons. The number of unbranched alkanes of at least 4 members (excludes halogenated alkanes) is 29. The maximum atomic E-state index is 13.1. The van der Waals surface area contributed by atoms with E-state index in [4.69, 9.17) is 0 Å². The predicted octanol–water partition coefficient (Wildman–Crippen LogP) is 17.5. The summed E-state index contributed by atoms with van der Waals surface area (Å²) < 4.78 is 0. The summed E-state index contributed by atoms with van der Waals surface area (Å²) in [5, 5.41) is 34.2. The van der Waals surface area contributed by atoms with Gasteiger partial charge in [-0.2, -0.15) is 0 Å². The summed E-state index contributed by atoms with van der Waals surface area (Å²) in [5.41, 5.74) is -1.43.